The fourth-order valence-corrected chi connectivity index (χ4v) is 2.77. The Kier molecular flexibility index (Phi) is 5.42. The Morgan fingerprint density at radius 2 is 1.74 bits per heavy atom. The normalized spacial score (nSPS) is 11.9. The van der Waals surface area contributed by atoms with Gasteiger partial charge in [0.15, 0.2) is 0 Å². The second kappa shape index (κ2) is 7.76. The lowest BCUT2D eigenvalue weighted by Crippen LogP contribution is -2.33. The number of hydrogen-bond acceptors (Lipinski definition) is 3. The molecule has 1 amide bonds. The van der Waals surface area contributed by atoms with Gasteiger partial charge in [0.2, 0.25) is 5.91 Å². The lowest BCUT2D eigenvalue weighted by atomic mass is 10.0. The van der Waals surface area contributed by atoms with E-state index in [0.29, 0.717) is 16.4 Å². The summed E-state index contributed by atoms with van der Waals surface area (Å²) in [7, 11) is 0. The van der Waals surface area contributed by atoms with Crippen LogP contribution in [-0.2, 0) is 4.79 Å². The van der Waals surface area contributed by atoms with Crippen LogP contribution in [0.2, 0.25) is 5.02 Å². The molecular weight excluding hydrogens is 362 g/mol. The van der Waals surface area contributed by atoms with Crippen molar-refractivity contribution in [3.05, 3.63) is 81.1 Å². The first-order chi connectivity index (χ1) is 12.8. The zero-order chi connectivity index (χ0) is 19.6. The molecular formula is C21H20ClN3O2. The average molecular weight is 382 g/mol. The second-order valence-electron chi connectivity index (χ2n) is 6.47. The van der Waals surface area contributed by atoms with Crippen molar-refractivity contribution in [2.45, 2.75) is 26.8 Å². The van der Waals surface area contributed by atoms with Crippen LogP contribution < -0.4 is 10.9 Å². The van der Waals surface area contributed by atoms with E-state index in [0.717, 1.165) is 11.1 Å². The Hall–Kier alpha value is -2.92. The molecule has 0 saturated heterocycles. The van der Waals surface area contributed by atoms with Gasteiger partial charge in [-0.1, -0.05) is 23.7 Å². The first-order valence-electron chi connectivity index (χ1n) is 8.59. The number of hydrogen-bond donors (Lipinski definition) is 1. The molecule has 3 aromatic rings. The van der Waals surface area contributed by atoms with Crippen LogP contribution >= 0.6 is 11.6 Å². The van der Waals surface area contributed by atoms with Crippen LogP contribution in [0.4, 0.5) is 5.69 Å². The van der Waals surface area contributed by atoms with E-state index in [1.807, 2.05) is 32.0 Å². The fraction of sp³-hybridized carbons (Fsp3) is 0.190. The summed E-state index contributed by atoms with van der Waals surface area (Å²) < 4.78 is 1.20. The zero-order valence-corrected chi connectivity index (χ0v) is 16.1. The van der Waals surface area contributed by atoms with E-state index < -0.39 is 6.04 Å². The number of aromatic nitrogens is 2. The zero-order valence-electron chi connectivity index (χ0n) is 15.4. The highest BCUT2D eigenvalue weighted by atomic mass is 35.5. The number of halogens is 1. The van der Waals surface area contributed by atoms with Crippen LogP contribution in [0.25, 0.3) is 11.3 Å². The monoisotopic (exact) mass is 381 g/mol. The van der Waals surface area contributed by atoms with Crippen molar-refractivity contribution >= 4 is 23.2 Å². The molecule has 0 spiro atoms. The molecule has 0 saturated carbocycles. The van der Waals surface area contributed by atoms with Gasteiger partial charge in [-0.15, -0.1) is 0 Å². The molecule has 1 heterocycles. The molecule has 0 radical (unpaired) electrons. The Balaban J connectivity index is 1.88. The van der Waals surface area contributed by atoms with Gasteiger partial charge in [0.05, 0.1) is 5.69 Å². The first kappa shape index (κ1) is 18.9. The molecule has 3 rings (SSSR count). The van der Waals surface area contributed by atoms with Crippen LogP contribution in [0, 0.1) is 13.8 Å². The SMILES string of the molecule is Cc1ccc(-c2ccc(=O)n([C@@H](C)C(=O)Nc3ccc(Cl)cc3)n2)cc1C. The van der Waals surface area contributed by atoms with Gasteiger partial charge < -0.3 is 5.32 Å². The second-order valence-corrected chi connectivity index (χ2v) is 6.91. The van der Waals surface area contributed by atoms with Gasteiger partial charge in [0.25, 0.3) is 5.56 Å². The molecule has 0 aliphatic rings. The molecule has 2 aromatic carbocycles. The van der Waals surface area contributed by atoms with E-state index in [1.54, 1.807) is 37.3 Å². The van der Waals surface area contributed by atoms with E-state index in [9.17, 15) is 9.59 Å². The molecule has 0 unspecified atom stereocenters. The molecule has 0 fully saturated rings. The molecule has 0 aliphatic heterocycles. The van der Waals surface area contributed by atoms with Crippen LogP contribution in [0.1, 0.15) is 24.1 Å². The minimum Gasteiger partial charge on any atom is -0.324 e. The summed E-state index contributed by atoms with van der Waals surface area (Å²) in [6, 6.07) is 15.1. The predicted molar refractivity (Wildman–Crippen MR) is 108 cm³/mol. The van der Waals surface area contributed by atoms with E-state index in [-0.39, 0.29) is 11.5 Å². The first-order valence-corrected chi connectivity index (χ1v) is 8.97. The third kappa shape index (κ3) is 4.26. The Bertz CT molecular complexity index is 1040. The molecule has 1 atom stereocenters. The number of nitrogens with zero attached hydrogens (tertiary/aromatic N) is 2. The maximum absolute atomic E-state index is 12.6. The van der Waals surface area contributed by atoms with E-state index >= 15 is 0 Å². The van der Waals surface area contributed by atoms with Crippen molar-refractivity contribution in [1.82, 2.24) is 9.78 Å². The lowest BCUT2D eigenvalue weighted by molar-refractivity contribution is -0.119. The van der Waals surface area contributed by atoms with Crippen LogP contribution in [0.5, 0.6) is 0 Å². The number of amides is 1. The smallest absolute Gasteiger partial charge is 0.267 e. The van der Waals surface area contributed by atoms with Gasteiger partial charge in [-0.3, -0.25) is 9.59 Å². The summed E-state index contributed by atoms with van der Waals surface area (Å²) in [4.78, 5) is 24.8. The summed E-state index contributed by atoms with van der Waals surface area (Å²) in [5.41, 5.74) is 4.14. The standard InChI is InChI=1S/C21H20ClN3O2/c1-13-4-5-16(12-14(13)2)19-10-11-20(26)25(24-19)15(3)21(27)23-18-8-6-17(22)7-9-18/h4-12,15H,1-3H3,(H,23,27)/t15-/m0/s1. The van der Waals surface area contributed by atoms with Gasteiger partial charge in [-0.05, 0) is 68.3 Å². The maximum atomic E-state index is 12.6. The Labute approximate surface area is 162 Å². The van der Waals surface area contributed by atoms with Gasteiger partial charge in [0, 0.05) is 22.3 Å². The molecule has 27 heavy (non-hydrogen) atoms. The molecule has 1 aromatic heterocycles. The molecule has 0 bridgehead atoms. The average Bonchev–Trinajstić information content (AvgIpc) is 2.65. The summed E-state index contributed by atoms with van der Waals surface area (Å²) >= 11 is 5.86. The van der Waals surface area contributed by atoms with Crippen LogP contribution in [-0.4, -0.2) is 15.7 Å². The van der Waals surface area contributed by atoms with Crippen molar-refractivity contribution in [3.63, 3.8) is 0 Å². The van der Waals surface area contributed by atoms with Crippen LogP contribution in [0.3, 0.4) is 0 Å². The lowest BCUT2D eigenvalue weighted by Gasteiger charge is -2.15. The Morgan fingerprint density at radius 1 is 1.04 bits per heavy atom. The van der Waals surface area contributed by atoms with E-state index in [1.165, 1.54) is 16.3 Å². The Morgan fingerprint density at radius 3 is 2.41 bits per heavy atom. The predicted octanol–water partition coefficient (Wildman–Crippen LogP) is 4.38. The number of nitrogens with one attached hydrogen (secondary N) is 1. The summed E-state index contributed by atoms with van der Waals surface area (Å²) in [6.07, 6.45) is 0. The maximum Gasteiger partial charge on any atom is 0.267 e. The highest BCUT2D eigenvalue weighted by Gasteiger charge is 2.18. The van der Waals surface area contributed by atoms with Crippen molar-refractivity contribution < 1.29 is 4.79 Å². The minimum absolute atomic E-state index is 0.329. The summed E-state index contributed by atoms with van der Waals surface area (Å²) in [5.74, 6) is -0.329. The number of carbonyl (C=O) groups is 1. The van der Waals surface area contributed by atoms with Crippen molar-refractivity contribution in [3.8, 4) is 11.3 Å². The van der Waals surface area contributed by atoms with Crippen molar-refractivity contribution in [1.29, 1.82) is 0 Å². The van der Waals surface area contributed by atoms with Gasteiger partial charge >= 0.3 is 0 Å². The third-order valence-electron chi connectivity index (χ3n) is 4.49. The quantitative estimate of drug-likeness (QED) is 0.729. The van der Waals surface area contributed by atoms with Crippen molar-refractivity contribution in [2.75, 3.05) is 5.32 Å². The highest BCUT2D eigenvalue weighted by molar-refractivity contribution is 6.30. The summed E-state index contributed by atoms with van der Waals surface area (Å²) in [5, 5.41) is 7.77. The molecule has 0 aliphatic carbocycles. The molecule has 6 heteroatoms. The van der Waals surface area contributed by atoms with E-state index in [2.05, 4.69) is 10.4 Å². The van der Waals surface area contributed by atoms with Gasteiger partial charge in [-0.25, -0.2) is 4.68 Å². The molecule has 5 nitrogen and oxygen atoms in total. The van der Waals surface area contributed by atoms with Gasteiger partial charge in [0.1, 0.15) is 6.04 Å². The number of benzene rings is 2. The highest BCUT2D eigenvalue weighted by Crippen LogP contribution is 2.20. The van der Waals surface area contributed by atoms with E-state index in [4.69, 9.17) is 11.6 Å². The molecule has 138 valence electrons. The molecule has 1 N–H and O–H groups in total. The largest absolute Gasteiger partial charge is 0.324 e. The minimum atomic E-state index is -0.764. The number of aryl methyl sites for hydroxylation is 2. The topological polar surface area (TPSA) is 64.0 Å². The third-order valence-corrected chi connectivity index (χ3v) is 4.74. The fourth-order valence-electron chi connectivity index (χ4n) is 2.65. The number of rotatable bonds is 4. The number of carbonyl (C=O) groups excluding carboxylic acids is 1. The van der Waals surface area contributed by atoms with Gasteiger partial charge in [-0.2, -0.15) is 5.10 Å². The number of anilines is 1. The van der Waals surface area contributed by atoms with Crippen molar-refractivity contribution in [2.24, 2.45) is 0 Å². The summed E-state index contributed by atoms with van der Waals surface area (Å²) in [6.45, 7) is 5.71. The van der Waals surface area contributed by atoms with Crippen LogP contribution in [0.15, 0.2) is 59.4 Å².